The van der Waals surface area contributed by atoms with Gasteiger partial charge in [0.1, 0.15) is 0 Å². The van der Waals surface area contributed by atoms with Gasteiger partial charge in [0.25, 0.3) is 0 Å². The number of rotatable bonds is 4. The molecule has 0 bridgehead atoms. The van der Waals surface area contributed by atoms with E-state index in [9.17, 15) is 14.4 Å². The number of ether oxygens (including phenoxy) is 2. The highest BCUT2D eigenvalue weighted by molar-refractivity contribution is 5.90. The minimum atomic E-state index is -1.19. The number of hydrogen-bond donors (Lipinski definition) is 2. The van der Waals surface area contributed by atoms with Gasteiger partial charge in [0.2, 0.25) is 0 Å². The van der Waals surface area contributed by atoms with Crippen molar-refractivity contribution in [2.45, 2.75) is 6.92 Å². The van der Waals surface area contributed by atoms with Gasteiger partial charge in [-0.15, -0.1) is 0 Å². The van der Waals surface area contributed by atoms with Gasteiger partial charge in [-0.1, -0.05) is 6.58 Å². The normalized spacial score (nSPS) is 8.56. The van der Waals surface area contributed by atoms with Crippen molar-refractivity contribution >= 4 is 18.0 Å². The van der Waals surface area contributed by atoms with E-state index in [4.69, 9.17) is 5.11 Å². The van der Waals surface area contributed by atoms with Gasteiger partial charge in [-0.05, 0) is 6.92 Å². The second-order valence-corrected chi connectivity index (χ2v) is 2.03. The topological polar surface area (TPSA) is 116 Å². The maximum atomic E-state index is 10.3. The summed E-state index contributed by atoms with van der Waals surface area (Å²) in [5, 5.41) is 8.01. The molecule has 0 atom stereocenters. The van der Waals surface area contributed by atoms with Crippen LogP contribution in [-0.4, -0.2) is 29.7 Å². The van der Waals surface area contributed by atoms with Crippen molar-refractivity contribution in [3.05, 3.63) is 25.0 Å². The van der Waals surface area contributed by atoms with Crippen LogP contribution in [0.1, 0.15) is 6.92 Å². The molecule has 0 radical (unpaired) electrons. The molecule has 0 unspecified atom stereocenters. The van der Waals surface area contributed by atoms with E-state index in [-0.39, 0.29) is 0 Å². The Kier molecular flexibility index (Phi) is 10.9. The van der Waals surface area contributed by atoms with Gasteiger partial charge in [-0.3, -0.25) is 0 Å². The van der Waals surface area contributed by atoms with E-state index in [1.807, 2.05) is 0 Å². The third-order valence-electron chi connectivity index (χ3n) is 0.848. The first kappa shape index (κ1) is 16.1. The fraction of sp³-hybridized carbons (Fsp3) is 0.222. The van der Waals surface area contributed by atoms with Gasteiger partial charge in [0.15, 0.2) is 0 Å². The van der Waals surface area contributed by atoms with E-state index in [0.29, 0.717) is 12.7 Å². The van der Waals surface area contributed by atoms with Crippen molar-refractivity contribution in [3.63, 3.8) is 0 Å². The summed E-state index contributed by atoms with van der Waals surface area (Å²) in [5.74, 6) is -1.95. The van der Waals surface area contributed by atoms with Gasteiger partial charge < -0.3 is 20.3 Å². The molecular weight excluding hydrogens is 218 g/mol. The second-order valence-electron chi connectivity index (χ2n) is 2.03. The standard InChI is InChI=1S/C6H6O4.C3H7NO2/c1-2-10-6(9)4-3-5(7)8;1-2-6-3(4)5/h2-4H,1H2,(H,7,8);2H2,1H3,(H2,4,5)/b4-3-;. The summed E-state index contributed by atoms with van der Waals surface area (Å²) in [6.07, 6.45) is 1.70. The largest absolute Gasteiger partial charge is 0.478 e. The van der Waals surface area contributed by atoms with E-state index in [1.165, 1.54) is 0 Å². The number of carbonyl (C=O) groups is 3. The van der Waals surface area contributed by atoms with Gasteiger partial charge in [0, 0.05) is 12.2 Å². The minimum Gasteiger partial charge on any atom is -0.478 e. The summed E-state index contributed by atoms with van der Waals surface area (Å²) >= 11 is 0. The lowest BCUT2D eigenvalue weighted by Gasteiger charge is -1.89. The van der Waals surface area contributed by atoms with Gasteiger partial charge in [0.05, 0.1) is 12.9 Å². The van der Waals surface area contributed by atoms with Crippen LogP contribution in [0.3, 0.4) is 0 Å². The first-order valence-electron chi connectivity index (χ1n) is 4.08. The van der Waals surface area contributed by atoms with E-state index in [0.717, 1.165) is 12.3 Å². The lowest BCUT2D eigenvalue weighted by atomic mass is 10.5. The van der Waals surface area contributed by atoms with Crippen LogP contribution in [0.4, 0.5) is 4.79 Å². The maximum absolute atomic E-state index is 10.3. The minimum absolute atomic E-state index is 0.356. The van der Waals surface area contributed by atoms with Crippen molar-refractivity contribution in [1.82, 2.24) is 0 Å². The summed E-state index contributed by atoms with van der Waals surface area (Å²) in [6, 6.07) is 0. The molecule has 1 amide bonds. The molecule has 90 valence electrons. The number of esters is 1. The molecule has 0 saturated carbocycles. The van der Waals surface area contributed by atoms with E-state index in [1.54, 1.807) is 6.92 Å². The smallest absolute Gasteiger partial charge is 0.404 e. The third-order valence-corrected chi connectivity index (χ3v) is 0.848. The van der Waals surface area contributed by atoms with E-state index in [2.05, 4.69) is 21.8 Å². The van der Waals surface area contributed by atoms with Crippen LogP contribution in [-0.2, 0) is 19.1 Å². The molecule has 0 aromatic rings. The number of primary amides is 1. The number of carboxylic acid groups (broad SMARTS) is 1. The van der Waals surface area contributed by atoms with Crippen LogP contribution in [0, 0.1) is 0 Å². The fourth-order valence-corrected chi connectivity index (χ4v) is 0.403. The SMILES string of the molecule is C=COC(=O)/C=C\C(=O)O.CCOC(N)=O. The van der Waals surface area contributed by atoms with E-state index >= 15 is 0 Å². The number of amides is 1. The quantitative estimate of drug-likeness (QED) is 0.411. The van der Waals surface area contributed by atoms with Crippen molar-refractivity contribution in [2.24, 2.45) is 5.73 Å². The highest BCUT2D eigenvalue weighted by Gasteiger charge is 1.93. The molecule has 0 saturated heterocycles. The zero-order valence-corrected chi connectivity index (χ0v) is 8.71. The van der Waals surface area contributed by atoms with Crippen LogP contribution in [0.15, 0.2) is 25.0 Å². The Morgan fingerprint density at radius 2 is 1.94 bits per heavy atom. The number of carbonyl (C=O) groups excluding carboxylic acids is 2. The molecule has 0 aliphatic rings. The van der Waals surface area contributed by atoms with Crippen LogP contribution in [0.25, 0.3) is 0 Å². The molecule has 7 nitrogen and oxygen atoms in total. The van der Waals surface area contributed by atoms with Crippen molar-refractivity contribution < 1.29 is 29.0 Å². The molecule has 3 N–H and O–H groups in total. The average Bonchev–Trinajstić information content (AvgIpc) is 2.16. The van der Waals surface area contributed by atoms with Gasteiger partial charge >= 0.3 is 18.0 Å². The van der Waals surface area contributed by atoms with Crippen LogP contribution >= 0.6 is 0 Å². The summed E-state index contributed by atoms with van der Waals surface area (Å²) in [4.78, 5) is 29.7. The molecular formula is C9H13NO6. The molecule has 0 aromatic heterocycles. The third kappa shape index (κ3) is 17.7. The Morgan fingerprint density at radius 1 is 1.38 bits per heavy atom. The van der Waals surface area contributed by atoms with Crippen molar-refractivity contribution in [3.8, 4) is 0 Å². The molecule has 0 rings (SSSR count). The maximum Gasteiger partial charge on any atom is 0.404 e. The predicted molar refractivity (Wildman–Crippen MR) is 54.3 cm³/mol. The van der Waals surface area contributed by atoms with Gasteiger partial charge in [-0.2, -0.15) is 0 Å². The summed E-state index contributed by atoms with van der Waals surface area (Å²) < 4.78 is 8.35. The first-order valence-corrected chi connectivity index (χ1v) is 4.08. The highest BCUT2D eigenvalue weighted by Crippen LogP contribution is 1.80. The number of carboxylic acids is 1. The summed E-state index contributed by atoms with van der Waals surface area (Å²) in [7, 11) is 0. The zero-order valence-electron chi connectivity index (χ0n) is 8.71. The Morgan fingerprint density at radius 3 is 2.19 bits per heavy atom. The van der Waals surface area contributed by atoms with Crippen LogP contribution in [0.2, 0.25) is 0 Å². The number of aliphatic carboxylic acids is 1. The summed E-state index contributed by atoms with van der Waals surface area (Å²) in [5.41, 5.74) is 4.54. The Labute approximate surface area is 92.1 Å². The van der Waals surface area contributed by atoms with Crippen LogP contribution in [0.5, 0.6) is 0 Å². The molecule has 0 aromatic carbocycles. The number of hydrogen-bond acceptors (Lipinski definition) is 5. The zero-order chi connectivity index (χ0) is 13.0. The molecule has 0 spiro atoms. The lowest BCUT2D eigenvalue weighted by Crippen LogP contribution is -2.11. The molecule has 0 aliphatic carbocycles. The Bertz CT molecular complexity index is 284. The van der Waals surface area contributed by atoms with E-state index < -0.39 is 18.0 Å². The van der Waals surface area contributed by atoms with Crippen molar-refractivity contribution in [1.29, 1.82) is 0 Å². The second kappa shape index (κ2) is 10.8. The first-order chi connectivity index (χ1) is 7.43. The predicted octanol–water partition coefficient (Wildman–Crippen LogP) is 0.416. The Balaban J connectivity index is 0. The molecule has 7 heteroatoms. The summed E-state index contributed by atoms with van der Waals surface area (Å²) in [6.45, 7) is 5.16. The molecule has 0 heterocycles. The monoisotopic (exact) mass is 231 g/mol. The van der Waals surface area contributed by atoms with Crippen LogP contribution < -0.4 is 5.73 Å². The average molecular weight is 231 g/mol. The van der Waals surface area contributed by atoms with Crippen molar-refractivity contribution in [2.75, 3.05) is 6.61 Å². The molecule has 0 aliphatic heterocycles. The van der Waals surface area contributed by atoms with Gasteiger partial charge in [-0.25, -0.2) is 14.4 Å². The fourth-order valence-electron chi connectivity index (χ4n) is 0.403. The molecule has 0 fully saturated rings. The lowest BCUT2D eigenvalue weighted by molar-refractivity contribution is -0.134. The number of nitrogens with two attached hydrogens (primary N) is 1. The highest BCUT2D eigenvalue weighted by atomic mass is 16.5. The Hall–Kier alpha value is -2.31. The molecule has 16 heavy (non-hydrogen) atoms.